The second-order valence-electron chi connectivity index (χ2n) is 5.27. The number of thioether (sulfide) groups is 1. The number of carbonyl (C=O) groups is 2. The van der Waals surface area contributed by atoms with Crippen molar-refractivity contribution < 1.29 is 23.5 Å². The van der Waals surface area contributed by atoms with Gasteiger partial charge in [0.2, 0.25) is 0 Å². The maximum atomic E-state index is 13.6. The van der Waals surface area contributed by atoms with E-state index in [4.69, 9.17) is 4.42 Å². The summed E-state index contributed by atoms with van der Waals surface area (Å²) in [7, 11) is 0. The number of amides is 2. The van der Waals surface area contributed by atoms with Gasteiger partial charge in [-0.3, -0.25) is 19.9 Å². The summed E-state index contributed by atoms with van der Waals surface area (Å²) in [5, 5.41) is 11.7. The number of benzene rings is 1. The lowest BCUT2D eigenvalue weighted by Crippen LogP contribution is -2.17. The Morgan fingerprint density at radius 1 is 1.24 bits per heavy atom. The van der Waals surface area contributed by atoms with Gasteiger partial charge in [-0.1, -0.05) is 6.07 Å². The molecule has 0 bridgehead atoms. The highest BCUT2D eigenvalue weighted by Crippen LogP contribution is 2.33. The van der Waals surface area contributed by atoms with E-state index in [0.717, 1.165) is 11.8 Å². The molecule has 1 aliphatic rings. The van der Waals surface area contributed by atoms with E-state index >= 15 is 0 Å². The van der Waals surface area contributed by atoms with Gasteiger partial charge in [0.05, 0.1) is 4.91 Å². The Morgan fingerprint density at radius 3 is 2.80 bits per heavy atom. The maximum absolute atomic E-state index is 13.6. The van der Waals surface area contributed by atoms with E-state index in [-0.39, 0.29) is 4.91 Å². The third kappa shape index (κ3) is 2.76. The van der Waals surface area contributed by atoms with Gasteiger partial charge in [0.1, 0.15) is 11.3 Å². The zero-order valence-corrected chi connectivity index (χ0v) is 13.3. The molecule has 0 radical (unpaired) electrons. The van der Waals surface area contributed by atoms with E-state index in [0.29, 0.717) is 27.9 Å². The van der Waals surface area contributed by atoms with Crippen molar-refractivity contribution in [2.45, 2.75) is 0 Å². The molecule has 3 heterocycles. The zero-order chi connectivity index (χ0) is 17.6. The molecule has 1 fully saturated rings. The summed E-state index contributed by atoms with van der Waals surface area (Å²) in [5.74, 6) is -1.30. The van der Waals surface area contributed by atoms with Crippen LogP contribution in [0.3, 0.4) is 0 Å². The molecule has 8 heteroatoms. The van der Waals surface area contributed by atoms with E-state index in [2.05, 4.69) is 10.3 Å². The van der Waals surface area contributed by atoms with E-state index in [1.54, 1.807) is 18.3 Å². The topological polar surface area (TPSA) is 92.4 Å². The normalized spacial score (nSPS) is 16.0. The summed E-state index contributed by atoms with van der Waals surface area (Å²) in [6, 6.07) is 5.66. The van der Waals surface area contributed by atoms with Gasteiger partial charge in [0.15, 0.2) is 11.6 Å². The van der Waals surface area contributed by atoms with Crippen molar-refractivity contribution in [3.05, 3.63) is 53.1 Å². The minimum Gasteiger partial charge on any atom is -0.505 e. The molecule has 6 nitrogen and oxygen atoms in total. The van der Waals surface area contributed by atoms with Crippen LogP contribution in [0.2, 0.25) is 0 Å². The number of halogens is 1. The van der Waals surface area contributed by atoms with E-state index in [9.17, 15) is 19.1 Å². The van der Waals surface area contributed by atoms with Gasteiger partial charge < -0.3 is 9.52 Å². The quantitative estimate of drug-likeness (QED) is 0.681. The molecule has 2 aromatic heterocycles. The van der Waals surface area contributed by atoms with Crippen molar-refractivity contribution in [2.24, 2.45) is 0 Å². The predicted molar refractivity (Wildman–Crippen MR) is 90.2 cm³/mol. The smallest absolute Gasteiger partial charge is 0.290 e. The van der Waals surface area contributed by atoms with Crippen LogP contribution in [-0.4, -0.2) is 21.2 Å². The van der Waals surface area contributed by atoms with Crippen molar-refractivity contribution >= 4 is 40.0 Å². The first-order valence-electron chi connectivity index (χ1n) is 7.12. The summed E-state index contributed by atoms with van der Waals surface area (Å²) < 4.78 is 19.4. The van der Waals surface area contributed by atoms with Crippen molar-refractivity contribution in [1.82, 2.24) is 10.3 Å². The highest BCUT2D eigenvalue weighted by Gasteiger charge is 2.25. The largest absolute Gasteiger partial charge is 0.505 e. The van der Waals surface area contributed by atoms with Crippen molar-refractivity contribution in [3.8, 4) is 16.9 Å². The van der Waals surface area contributed by atoms with Crippen LogP contribution in [0, 0.1) is 5.82 Å². The van der Waals surface area contributed by atoms with Gasteiger partial charge in [0, 0.05) is 29.4 Å². The Morgan fingerprint density at radius 2 is 2.08 bits per heavy atom. The summed E-state index contributed by atoms with van der Waals surface area (Å²) in [6.45, 7) is 0. The predicted octanol–water partition coefficient (Wildman–Crippen LogP) is 3.66. The Balaban J connectivity index is 1.81. The van der Waals surface area contributed by atoms with Crippen LogP contribution in [0.25, 0.3) is 28.2 Å². The molecule has 1 aliphatic heterocycles. The highest BCUT2D eigenvalue weighted by atomic mass is 32.2. The molecule has 1 aromatic carbocycles. The van der Waals surface area contributed by atoms with Crippen LogP contribution in [0.1, 0.15) is 5.76 Å². The van der Waals surface area contributed by atoms with E-state index in [1.807, 2.05) is 0 Å². The Hall–Kier alpha value is -3.13. The number of imide groups is 1. The van der Waals surface area contributed by atoms with Crippen LogP contribution in [0.4, 0.5) is 9.18 Å². The minimum atomic E-state index is -0.749. The van der Waals surface area contributed by atoms with Crippen LogP contribution in [-0.2, 0) is 4.79 Å². The Kier molecular flexibility index (Phi) is 3.54. The molecule has 2 amide bonds. The third-order valence-electron chi connectivity index (χ3n) is 3.62. The first-order valence-corrected chi connectivity index (χ1v) is 7.94. The van der Waals surface area contributed by atoms with Crippen molar-refractivity contribution in [1.29, 1.82) is 0 Å². The van der Waals surface area contributed by atoms with Crippen molar-refractivity contribution in [2.75, 3.05) is 0 Å². The number of hydrogen-bond acceptors (Lipinski definition) is 6. The molecule has 0 saturated carbocycles. The second kappa shape index (κ2) is 5.75. The van der Waals surface area contributed by atoms with Crippen molar-refractivity contribution in [3.63, 3.8) is 0 Å². The molecule has 124 valence electrons. The van der Waals surface area contributed by atoms with Crippen LogP contribution in [0.15, 0.2) is 46.0 Å². The SMILES string of the molecule is O=C1NC(=O)/C(=C\c2cc3cncc(-c4ccc(O)c(F)c4)c3o2)S1. The molecule has 4 rings (SSSR count). The lowest BCUT2D eigenvalue weighted by atomic mass is 10.1. The van der Waals surface area contributed by atoms with Gasteiger partial charge >= 0.3 is 0 Å². The number of hydrogen-bond donors (Lipinski definition) is 2. The Labute approximate surface area is 144 Å². The van der Waals surface area contributed by atoms with Gasteiger partial charge in [-0.05, 0) is 35.5 Å². The lowest BCUT2D eigenvalue weighted by Gasteiger charge is -2.03. The third-order valence-corrected chi connectivity index (χ3v) is 4.43. The van der Waals surface area contributed by atoms with Crippen LogP contribution in [0.5, 0.6) is 5.75 Å². The number of fused-ring (bicyclic) bond motifs is 1. The first-order chi connectivity index (χ1) is 12.0. The fourth-order valence-corrected chi connectivity index (χ4v) is 3.15. The van der Waals surface area contributed by atoms with Gasteiger partial charge in [-0.15, -0.1) is 0 Å². The number of phenolic OH excluding ortho intramolecular Hbond substituents is 1. The summed E-state index contributed by atoms with van der Waals surface area (Å²) in [6.07, 6.45) is 4.56. The second-order valence-corrected chi connectivity index (χ2v) is 6.29. The number of nitrogens with one attached hydrogen (secondary N) is 1. The molecular formula is C17H9FN2O4S. The molecule has 25 heavy (non-hydrogen) atoms. The lowest BCUT2D eigenvalue weighted by molar-refractivity contribution is -0.115. The number of rotatable bonds is 2. The van der Waals surface area contributed by atoms with Gasteiger partial charge in [0.25, 0.3) is 11.1 Å². The first kappa shape index (κ1) is 15.4. The number of aromatic nitrogens is 1. The van der Waals surface area contributed by atoms with Gasteiger partial charge in [-0.25, -0.2) is 4.39 Å². The van der Waals surface area contributed by atoms with E-state index < -0.39 is 22.7 Å². The number of pyridine rings is 1. The van der Waals surface area contributed by atoms with Gasteiger partial charge in [-0.2, -0.15) is 0 Å². The average Bonchev–Trinajstić information content (AvgIpc) is 3.12. The van der Waals surface area contributed by atoms with E-state index in [1.165, 1.54) is 24.4 Å². The molecule has 0 unspecified atom stereocenters. The molecular weight excluding hydrogens is 347 g/mol. The number of furan rings is 1. The maximum Gasteiger partial charge on any atom is 0.290 e. The molecule has 1 saturated heterocycles. The zero-order valence-electron chi connectivity index (χ0n) is 12.4. The average molecular weight is 356 g/mol. The molecule has 0 aliphatic carbocycles. The molecule has 0 spiro atoms. The monoisotopic (exact) mass is 356 g/mol. The fourth-order valence-electron chi connectivity index (χ4n) is 2.48. The highest BCUT2D eigenvalue weighted by molar-refractivity contribution is 8.18. The number of aromatic hydroxyl groups is 1. The standard InChI is InChI=1S/C17H9FN2O4S/c18-12-4-8(1-2-13(12)21)11-7-19-6-9-3-10(24-15(9)11)5-14-16(22)20-17(23)25-14/h1-7,21H,(H,20,22,23)/b14-5+. The summed E-state index contributed by atoms with van der Waals surface area (Å²) in [4.78, 5) is 27.2. The summed E-state index contributed by atoms with van der Waals surface area (Å²) in [5.41, 5.74) is 1.49. The molecule has 3 aromatic rings. The molecule has 0 atom stereocenters. The van der Waals surface area contributed by atoms with Crippen LogP contribution < -0.4 is 5.32 Å². The number of nitrogens with zero attached hydrogens (tertiary/aromatic N) is 1. The minimum absolute atomic E-state index is 0.231. The fraction of sp³-hybridized carbons (Fsp3) is 0. The Bertz CT molecular complexity index is 1070. The number of carbonyl (C=O) groups excluding carboxylic acids is 2. The molecule has 2 N–H and O–H groups in total. The number of phenols is 1. The van der Waals surface area contributed by atoms with Crippen LogP contribution >= 0.6 is 11.8 Å². The summed E-state index contributed by atoms with van der Waals surface area (Å²) >= 11 is 0.791.